The molecular weight excluding hydrogens is 294 g/mol. The van der Waals surface area contributed by atoms with Gasteiger partial charge in [-0.25, -0.2) is 0 Å². The second-order valence-electron chi connectivity index (χ2n) is 7.89. The highest BCUT2D eigenvalue weighted by Crippen LogP contribution is 2.55. The maximum atomic E-state index is 12.3. The van der Waals surface area contributed by atoms with E-state index in [2.05, 4.69) is 5.32 Å². The van der Waals surface area contributed by atoms with Crippen LogP contribution < -0.4 is 5.32 Å². The number of carbonyl (C=O) groups is 1. The number of halogens is 1. The standard InChI is InChI=1S/C19H24ClNO/c20-17-3-1-13(2-4-17)8-18(22)12-21-19-9-14-5-15(10-19)7-16(6-14)11-19/h1-4,14-16,21H,5-12H2. The Kier molecular flexibility index (Phi) is 3.78. The molecule has 0 spiro atoms. The van der Waals surface area contributed by atoms with Gasteiger partial charge in [0.2, 0.25) is 0 Å². The molecule has 4 aliphatic rings. The molecule has 4 saturated carbocycles. The average molecular weight is 318 g/mol. The summed E-state index contributed by atoms with van der Waals surface area (Å²) < 4.78 is 0. The quantitative estimate of drug-likeness (QED) is 0.889. The maximum absolute atomic E-state index is 12.3. The molecule has 1 N–H and O–H groups in total. The Balaban J connectivity index is 1.34. The van der Waals surface area contributed by atoms with Crippen LogP contribution in [0.3, 0.4) is 0 Å². The van der Waals surface area contributed by atoms with Crippen molar-refractivity contribution in [2.45, 2.75) is 50.5 Å². The number of benzene rings is 1. The van der Waals surface area contributed by atoms with Crippen LogP contribution in [0.1, 0.15) is 44.1 Å². The molecule has 4 fully saturated rings. The van der Waals surface area contributed by atoms with Crippen molar-refractivity contribution in [1.82, 2.24) is 5.32 Å². The van der Waals surface area contributed by atoms with E-state index in [4.69, 9.17) is 11.6 Å². The first-order valence-electron chi connectivity index (χ1n) is 8.61. The van der Waals surface area contributed by atoms with Crippen LogP contribution in [-0.4, -0.2) is 17.9 Å². The van der Waals surface area contributed by atoms with Gasteiger partial charge in [0.25, 0.3) is 0 Å². The molecule has 22 heavy (non-hydrogen) atoms. The smallest absolute Gasteiger partial charge is 0.150 e. The van der Waals surface area contributed by atoms with Gasteiger partial charge in [0.1, 0.15) is 0 Å². The van der Waals surface area contributed by atoms with E-state index in [1.165, 1.54) is 38.5 Å². The largest absolute Gasteiger partial charge is 0.304 e. The Morgan fingerprint density at radius 2 is 1.59 bits per heavy atom. The summed E-state index contributed by atoms with van der Waals surface area (Å²) in [5.74, 6) is 3.05. The topological polar surface area (TPSA) is 29.1 Å². The molecule has 0 heterocycles. The van der Waals surface area contributed by atoms with E-state index < -0.39 is 0 Å². The van der Waals surface area contributed by atoms with Crippen LogP contribution in [0.4, 0.5) is 0 Å². The van der Waals surface area contributed by atoms with Gasteiger partial charge in [-0.15, -0.1) is 0 Å². The van der Waals surface area contributed by atoms with Gasteiger partial charge >= 0.3 is 0 Å². The summed E-state index contributed by atoms with van der Waals surface area (Å²) in [6.07, 6.45) is 8.74. The molecule has 0 aromatic heterocycles. The summed E-state index contributed by atoms with van der Waals surface area (Å²) in [7, 11) is 0. The van der Waals surface area contributed by atoms with Gasteiger partial charge in [-0.1, -0.05) is 23.7 Å². The molecule has 5 rings (SSSR count). The first-order valence-corrected chi connectivity index (χ1v) is 8.99. The molecule has 4 aliphatic carbocycles. The number of hydrogen-bond acceptors (Lipinski definition) is 2. The van der Waals surface area contributed by atoms with Crippen molar-refractivity contribution in [3.63, 3.8) is 0 Å². The first-order chi connectivity index (χ1) is 10.6. The second kappa shape index (κ2) is 5.65. The van der Waals surface area contributed by atoms with Crippen molar-refractivity contribution >= 4 is 17.4 Å². The van der Waals surface area contributed by atoms with E-state index in [9.17, 15) is 4.79 Å². The van der Waals surface area contributed by atoms with E-state index >= 15 is 0 Å². The van der Waals surface area contributed by atoms with Crippen LogP contribution in [0.2, 0.25) is 5.02 Å². The molecule has 3 heteroatoms. The van der Waals surface area contributed by atoms with Gasteiger partial charge in [0.15, 0.2) is 5.78 Å². The molecule has 1 aromatic carbocycles. The van der Waals surface area contributed by atoms with Crippen molar-refractivity contribution in [2.75, 3.05) is 6.54 Å². The molecule has 0 atom stereocenters. The van der Waals surface area contributed by atoms with Crippen molar-refractivity contribution < 1.29 is 4.79 Å². The van der Waals surface area contributed by atoms with E-state index in [1.807, 2.05) is 24.3 Å². The van der Waals surface area contributed by atoms with E-state index in [1.54, 1.807) is 0 Å². The van der Waals surface area contributed by atoms with E-state index in [0.717, 1.165) is 28.3 Å². The highest BCUT2D eigenvalue weighted by Gasteiger charge is 2.50. The van der Waals surface area contributed by atoms with Crippen molar-refractivity contribution in [1.29, 1.82) is 0 Å². The molecule has 2 nitrogen and oxygen atoms in total. The van der Waals surface area contributed by atoms with Crippen molar-refractivity contribution in [2.24, 2.45) is 17.8 Å². The van der Waals surface area contributed by atoms with Gasteiger partial charge in [0.05, 0.1) is 6.54 Å². The van der Waals surface area contributed by atoms with Crippen LogP contribution >= 0.6 is 11.6 Å². The summed E-state index contributed by atoms with van der Waals surface area (Å²) in [5.41, 5.74) is 1.34. The van der Waals surface area contributed by atoms with Crippen LogP contribution in [0, 0.1) is 17.8 Å². The zero-order valence-corrected chi connectivity index (χ0v) is 13.7. The lowest BCUT2D eigenvalue weighted by molar-refractivity contribution is -0.118. The third-order valence-electron chi connectivity index (χ3n) is 6.01. The number of Topliss-reactive ketones (excluding diaryl/α,β-unsaturated/α-hetero) is 1. The Bertz CT molecular complexity index is 530. The van der Waals surface area contributed by atoms with E-state index in [-0.39, 0.29) is 11.3 Å². The van der Waals surface area contributed by atoms with Gasteiger partial charge in [0, 0.05) is 17.0 Å². The highest BCUT2D eigenvalue weighted by molar-refractivity contribution is 6.30. The SMILES string of the molecule is O=C(CNC12CC3CC(CC(C3)C1)C2)Cc1ccc(Cl)cc1. The molecule has 1 aromatic rings. The van der Waals surface area contributed by atoms with Gasteiger partial charge in [-0.3, -0.25) is 4.79 Å². The minimum atomic E-state index is 0.282. The molecule has 0 unspecified atom stereocenters. The number of rotatable bonds is 5. The van der Waals surface area contributed by atoms with Crippen molar-refractivity contribution in [3.8, 4) is 0 Å². The fraction of sp³-hybridized carbons (Fsp3) is 0.632. The van der Waals surface area contributed by atoms with Crippen LogP contribution in [0.25, 0.3) is 0 Å². The molecule has 0 saturated heterocycles. The maximum Gasteiger partial charge on any atom is 0.150 e. The number of ketones is 1. The molecule has 4 bridgehead atoms. The second-order valence-corrected chi connectivity index (χ2v) is 8.33. The van der Waals surface area contributed by atoms with Crippen LogP contribution in [-0.2, 0) is 11.2 Å². The lowest BCUT2D eigenvalue weighted by Gasteiger charge is -2.57. The predicted molar refractivity (Wildman–Crippen MR) is 89.1 cm³/mol. The lowest BCUT2D eigenvalue weighted by atomic mass is 9.53. The van der Waals surface area contributed by atoms with Crippen molar-refractivity contribution in [3.05, 3.63) is 34.9 Å². The van der Waals surface area contributed by atoms with Gasteiger partial charge in [-0.2, -0.15) is 0 Å². The predicted octanol–water partition coefficient (Wildman–Crippen LogP) is 4.01. The minimum absolute atomic E-state index is 0.282. The van der Waals surface area contributed by atoms with Gasteiger partial charge in [-0.05, 0) is 74.0 Å². The summed E-state index contributed by atoms with van der Waals surface area (Å²) in [5, 5.41) is 4.41. The molecule has 118 valence electrons. The zero-order valence-electron chi connectivity index (χ0n) is 13.0. The Labute approximate surface area is 137 Å². The molecule has 0 aliphatic heterocycles. The number of hydrogen-bond donors (Lipinski definition) is 1. The summed E-state index contributed by atoms with van der Waals surface area (Å²) in [4.78, 5) is 12.3. The van der Waals surface area contributed by atoms with Crippen LogP contribution in [0.15, 0.2) is 24.3 Å². The fourth-order valence-electron chi connectivity index (χ4n) is 5.51. The van der Waals surface area contributed by atoms with Crippen LogP contribution in [0.5, 0.6) is 0 Å². The molecule has 0 amide bonds. The Hall–Kier alpha value is -0.860. The Morgan fingerprint density at radius 3 is 2.14 bits per heavy atom. The fourth-order valence-corrected chi connectivity index (χ4v) is 5.63. The average Bonchev–Trinajstić information content (AvgIpc) is 2.46. The zero-order chi connectivity index (χ0) is 15.2. The summed E-state index contributed by atoms with van der Waals surface area (Å²) >= 11 is 5.89. The first kappa shape index (κ1) is 14.7. The number of nitrogens with one attached hydrogen (secondary N) is 1. The third kappa shape index (κ3) is 2.96. The summed E-state index contributed by atoms with van der Waals surface area (Å²) in [6, 6.07) is 7.61. The highest BCUT2D eigenvalue weighted by atomic mass is 35.5. The lowest BCUT2D eigenvalue weighted by Crippen LogP contribution is -2.59. The summed E-state index contributed by atoms with van der Waals surface area (Å²) in [6.45, 7) is 0.523. The number of carbonyl (C=O) groups excluding carboxylic acids is 1. The molecular formula is C19H24ClNO. The minimum Gasteiger partial charge on any atom is -0.304 e. The van der Waals surface area contributed by atoms with Gasteiger partial charge < -0.3 is 5.32 Å². The third-order valence-corrected chi connectivity index (χ3v) is 6.27. The Morgan fingerprint density at radius 1 is 1.05 bits per heavy atom. The molecule has 0 radical (unpaired) electrons. The normalized spacial score (nSPS) is 35.8. The monoisotopic (exact) mass is 317 g/mol. The van der Waals surface area contributed by atoms with E-state index in [0.29, 0.717) is 13.0 Å².